The van der Waals surface area contributed by atoms with Gasteiger partial charge in [0.15, 0.2) is 0 Å². The fraction of sp³-hybridized carbons (Fsp3) is 0.333. The van der Waals surface area contributed by atoms with Crippen LogP contribution in [0.15, 0.2) is 36.4 Å². The normalized spacial score (nSPS) is 11.6. The first-order valence-electron chi connectivity index (χ1n) is 8.64. The molecule has 4 heteroatoms. The van der Waals surface area contributed by atoms with Crippen LogP contribution in [0.1, 0.15) is 46.8 Å². The third-order valence-corrected chi connectivity index (χ3v) is 4.42. The molecule has 0 aliphatic heterocycles. The summed E-state index contributed by atoms with van der Waals surface area (Å²) in [6.45, 7) is 4.28. The molecule has 0 heterocycles. The molecule has 0 aromatic heterocycles. The number of esters is 2. The lowest BCUT2D eigenvalue weighted by Gasteiger charge is -2.10. The molecule has 0 radical (unpaired) electrons. The van der Waals surface area contributed by atoms with Crippen LogP contribution in [0, 0.1) is 6.92 Å². The minimum absolute atomic E-state index is 0.213. The van der Waals surface area contributed by atoms with E-state index in [4.69, 9.17) is 9.47 Å². The Kier molecular flexibility index (Phi) is 5.17. The van der Waals surface area contributed by atoms with Crippen LogP contribution >= 0.6 is 0 Å². The van der Waals surface area contributed by atoms with E-state index < -0.39 is 0 Å². The standard InChI is InChI=1S/C21H22O4/c1-3-24-20(22)9-6-10-25-21(23)18-13-19-16(11-14(18)2)12-15-7-4-5-8-17(15)19/h4-5,7-8,11,13H,3,6,9-10,12H2,1-2H3. The van der Waals surface area contributed by atoms with Gasteiger partial charge < -0.3 is 9.47 Å². The molecule has 0 fully saturated rings. The van der Waals surface area contributed by atoms with Gasteiger partial charge in [-0.3, -0.25) is 4.79 Å². The molecule has 0 bridgehead atoms. The van der Waals surface area contributed by atoms with Gasteiger partial charge in [0.2, 0.25) is 0 Å². The Morgan fingerprint density at radius 2 is 1.84 bits per heavy atom. The summed E-state index contributed by atoms with van der Waals surface area (Å²) in [5.74, 6) is -0.600. The second-order valence-corrected chi connectivity index (χ2v) is 6.20. The second-order valence-electron chi connectivity index (χ2n) is 6.20. The molecule has 0 saturated carbocycles. The summed E-state index contributed by atoms with van der Waals surface area (Å²) in [4.78, 5) is 23.7. The Morgan fingerprint density at radius 1 is 1.04 bits per heavy atom. The molecule has 25 heavy (non-hydrogen) atoms. The number of ether oxygens (including phenoxy) is 2. The van der Waals surface area contributed by atoms with Gasteiger partial charge in [-0.05, 0) is 60.6 Å². The van der Waals surface area contributed by atoms with Gasteiger partial charge in [-0.15, -0.1) is 0 Å². The van der Waals surface area contributed by atoms with E-state index in [-0.39, 0.29) is 25.0 Å². The van der Waals surface area contributed by atoms with Crippen molar-refractivity contribution in [1.29, 1.82) is 0 Å². The lowest BCUT2D eigenvalue weighted by Crippen LogP contribution is -2.11. The van der Waals surface area contributed by atoms with E-state index in [1.807, 2.05) is 25.1 Å². The lowest BCUT2D eigenvalue weighted by molar-refractivity contribution is -0.143. The maximum Gasteiger partial charge on any atom is 0.338 e. The van der Waals surface area contributed by atoms with Crippen LogP contribution in [-0.2, 0) is 20.7 Å². The number of carbonyl (C=O) groups is 2. The maximum atomic E-state index is 12.4. The molecule has 2 aromatic carbocycles. The minimum Gasteiger partial charge on any atom is -0.466 e. The fourth-order valence-electron chi connectivity index (χ4n) is 3.22. The van der Waals surface area contributed by atoms with E-state index in [1.165, 1.54) is 16.7 Å². The Labute approximate surface area is 147 Å². The van der Waals surface area contributed by atoms with Crippen LogP contribution in [0.4, 0.5) is 0 Å². The first-order valence-corrected chi connectivity index (χ1v) is 8.64. The molecule has 2 aromatic rings. The molecule has 0 atom stereocenters. The molecule has 0 unspecified atom stereocenters. The number of carbonyl (C=O) groups excluding carboxylic acids is 2. The van der Waals surface area contributed by atoms with Crippen molar-refractivity contribution in [1.82, 2.24) is 0 Å². The monoisotopic (exact) mass is 338 g/mol. The van der Waals surface area contributed by atoms with Crippen LogP contribution in [0.2, 0.25) is 0 Å². The second kappa shape index (κ2) is 7.51. The van der Waals surface area contributed by atoms with Crippen molar-refractivity contribution in [3.05, 3.63) is 58.7 Å². The Bertz CT molecular complexity index is 808. The van der Waals surface area contributed by atoms with Crippen LogP contribution in [0.25, 0.3) is 11.1 Å². The van der Waals surface area contributed by atoms with Crippen LogP contribution in [-0.4, -0.2) is 25.2 Å². The summed E-state index contributed by atoms with van der Waals surface area (Å²) in [5, 5.41) is 0. The van der Waals surface area contributed by atoms with E-state index in [9.17, 15) is 9.59 Å². The van der Waals surface area contributed by atoms with Gasteiger partial charge in [0, 0.05) is 6.42 Å². The largest absolute Gasteiger partial charge is 0.466 e. The number of benzene rings is 2. The SMILES string of the molecule is CCOC(=O)CCCOC(=O)c1cc2c(cc1C)Cc1ccccc1-2. The minimum atomic E-state index is -0.339. The van der Waals surface area contributed by atoms with Crippen molar-refractivity contribution in [2.75, 3.05) is 13.2 Å². The molecular formula is C21H22O4. The highest BCUT2D eigenvalue weighted by Crippen LogP contribution is 2.38. The van der Waals surface area contributed by atoms with Crippen molar-refractivity contribution in [2.24, 2.45) is 0 Å². The maximum absolute atomic E-state index is 12.4. The Hall–Kier alpha value is -2.62. The van der Waals surface area contributed by atoms with Gasteiger partial charge in [-0.25, -0.2) is 4.79 Å². The van der Waals surface area contributed by atoms with Crippen LogP contribution in [0.3, 0.4) is 0 Å². The lowest BCUT2D eigenvalue weighted by atomic mass is 9.99. The molecule has 0 spiro atoms. The molecular weight excluding hydrogens is 316 g/mol. The number of hydrogen-bond acceptors (Lipinski definition) is 4. The predicted octanol–water partition coefficient (Wildman–Crippen LogP) is 4.07. The van der Waals surface area contributed by atoms with E-state index in [1.54, 1.807) is 6.92 Å². The Balaban J connectivity index is 1.67. The summed E-state index contributed by atoms with van der Waals surface area (Å²) < 4.78 is 10.2. The van der Waals surface area contributed by atoms with Gasteiger partial charge in [-0.1, -0.05) is 30.3 Å². The average Bonchev–Trinajstić information content (AvgIpc) is 2.95. The van der Waals surface area contributed by atoms with Crippen LogP contribution < -0.4 is 0 Å². The highest BCUT2D eigenvalue weighted by Gasteiger charge is 2.21. The quantitative estimate of drug-likeness (QED) is 0.502. The van der Waals surface area contributed by atoms with E-state index in [0.29, 0.717) is 18.6 Å². The number of fused-ring (bicyclic) bond motifs is 3. The van der Waals surface area contributed by atoms with Crippen molar-refractivity contribution >= 4 is 11.9 Å². The van der Waals surface area contributed by atoms with Crippen molar-refractivity contribution in [3.63, 3.8) is 0 Å². The summed E-state index contributed by atoms with van der Waals surface area (Å²) in [6.07, 6.45) is 1.64. The Morgan fingerprint density at radius 3 is 2.64 bits per heavy atom. The zero-order chi connectivity index (χ0) is 17.8. The molecule has 0 N–H and O–H groups in total. The molecule has 1 aliphatic rings. The third kappa shape index (κ3) is 3.73. The van der Waals surface area contributed by atoms with E-state index in [0.717, 1.165) is 17.5 Å². The third-order valence-electron chi connectivity index (χ3n) is 4.42. The molecule has 0 saturated heterocycles. The molecule has 3 rings (SSSR count). The molecule has 0 amide bonds. The van der Waals surface area contributed by atoms with Gasteiger partial charge >= 0.3 is 11.9 Å². The van der Waals surface area contributed by atoms with Gasteiger partial charge in [0.05, 0.1) is 18.8 Å². The van der Waals surface area contributed by atoms with Gasteiger partial charge in [0.25, 0.3) is 0 Å². The highest BCUT2D eigenvalue weighted by atomic mass is 16.5. The molecule has 4 nitrogen and oxygen atoms in total. The van der Waals surface area contributed by atoms with Crippen molar-refractivity contribution in [3.8, 4) is 11.1 Å². The van der Waals surface area contributed by atoms with Crippen molar-refractivity contribution in [2.45, 2.75) is 33.1 Å². The summed E-state index contributed by atoms with van der Waals surface area (Å²) in [6, 6.07) is 12.3. The summed E-state index contributed by atoms with van der Waals surface area (Å²) in [7, 11) is 0. The average molecular weight is 338 g/mol. The number of hydrogen-bond donors (Lipinski definition) is 0. The number of aryl methyl sites for hydroxylation is 1. The summed E-state index contributed by atoms with van der Waals surface area (Å²) in [5.41, 5.74) is 6.34. The first kappa shape index (κ1) is 17.2. The van der Waals surface area contributed by atoms with Gasteiger partial charge in [-0.2, -0.15) is 0 Å². The zero-order valence-electron chi connectivity index (χ0n) is 14.6. The summed E-state index contributed by atoms with van der Waals surface area (Å²) >= 11 is 0. The van der Waals surface area contributed by atoms with E-state index in [2.05, 4.69) is 18.2 Å². The smallest absolute Gasteiger partial charge is 0.338 e. The van der Waals surface area contributed by atoms with Gasteiger partial charge in [0.1, 0.15) is 0 Å². The predicted molar refractivity (Wildman–Crippen MR) is 95.6 cm³/mol. The topological polar surface area (TPSA) is 52.6 Å². The molecule has 130 valence electrons. The zero-order valence-corrected chi connectivity index (χ0v) is 14.6. The fourth-order valence-corrected chi connectivity index (χ4v) is 3.22. The highest BCUT2D eigenvalue weighted by molar-refractivity contribution is 5.94. The van der Waals surface area contributed by atoms with Crippen molar-refractivity contribution < 1.29 is 19.1 Å². The number of rotatable bonds is 6. The van der Waals surface area contributed by atoms with Crippen LogP contribution in [0.5, 0.6) is 0 Å². The first-order chi connectivity index (χ1) is 12.1. The molecule has 1 aliphatic carbocycles. The van der Waals surface area contributed by atoms with E-state index >= 15 is 0 Å².